The molecule has 0 aliphatic carbocycles. The predicted octanol–water partition coefficient (Wildman–Crippen LogP) is 2.30. The van der Waals surface area contributed by atoms with E-state index in [9.17, 15) is 9.90 Å². The van der Waals surface area contributed by atoms with Crippen molar-refractivity contribution in [2.75, 3.05) is 0 Å². The van der Waals surface area contributed by atoms with Crippen LogP contribution >= 0.6 is 0 Å². The zero-order valence-electron chi connectivity index (χ0n) is 10.7. The highest BCUT2D eigenvalue weighted by atomic mass is 16.4. The molecule has 5 nitrogen and oxygen atoms in total. The van der Waals surface area contributed by atoms with Gasteiger partial charge in [0.05, 0.1) is 12.1 Å². The van der Waals surface area contributed by atoms with E-state index in [1.54, 1.807) is 4.68 Å². The Morgan fingerprint density at radius 1 is 1.10 bits per heavy atom. The minimum Gasteiger partial charge on any atom is -0.481 e. The molecular formula is C15H13N3O2. The van der Waals surface area contributed by atoms with Crippen molar-refractivity contribution in [3.05, 3.63) is 60.2 Å². The van der Waals surface area contributed by atoms with Gasteiger partial charge in [-0.3, -0.25) is 4.79 Å². The van der Waals surface area contributed by atoms with Crippen molar-refractivity contribution in [1.29, 1.82) is 0 Å². The monoisotopic (exact) mass is 267 g/mol. The molecule has 0 aliphatic heterocycles. The number of carbonyl (C=O) groups is 1. The van der Waals surface area contributed by atoms with Crippen LogP contribution in [0.25, 0.3) is 11.0 Å². The van der Waals surface area contributed by atoms with Crippen LogP contribution in [-0.2, 0) is 11.3 Å². The number of aliphatic carboxylic acids is 1. The molecule has 1 heterocycles. The van der Waals surface area contributed by atoms with Crippen LogP contribution in [0.15, 0.2) is 54.6 Å². The van der Waals surface area contributed by atoms with Crippen molar-refractivity contribution >= 4 is 17.0 Å². The summed E-state index contributed by atoms with van der Waals surface area (Å²) >= 11 is 0. The van der Waals surface area contributed by atoms with Gasteiger partial charge in [-0.2, -0.15) is 0 Å². The average Bonchev–Trinajstić information content (AvgIpc) is 2.88. The molecule has 0 aliphatic rings. The molecule has 0 fully saturated rings. The Hall–Kier alpha value is -2.69. The van der Waals surface area contributed by atoms with E-state index in [1.807, 2.05) is 54.6 Å². The fourth-order valence-corrected chi connectivity index (χ4v) is 2.24. The molecule has 0 amide bonds. The summed E-state index contributed by atoms with van der Waals surface area (Å²) < 4.78 is 1.64. The highest BCUT2D eigenvalue weighted by Crippen LogP contribution is 2.20. The number of para-hydroxylation sites is 1. The first kappa shape index (κ1) is 12.3. The molecule has 3 rings (SSSR count). The first-order valence-corrected chi connectivity index (χ1v) is 6.31. The Balaban J connectivity index is 1.97. The third-order valence-electron chi connectivity index (χ3n) is 3.28. The van der Waals surface area contributed by atoms with Crippen molar-refractivity contribution in [2.24, 2.45) is 0 Å². The van der Waals surface area contributed by atoms with Gasteiger partial charge in [0.25, 0.3) is 0 Å². The van der Waals surface area contributed by atoms with Gasteiger partial charge in [-0.05, 0) is 17.7 Å². The van der Waals surface area contributed by atoms with Gasteiger partial charge in [0.1, 0.15) is 11.4 Å². The SMILES string of the molecule is O=C(O)C(Cn1nnc2ccccc21)c1ccccc1. The van der Waals surface area contributed by atoms with Crippen molar-refractivity contribution in [3.63, 3.8) is 0 Å². The fourth-order valence-electron chi connectivity index (χ4n) is 2.24. The van der Waals surface area contributed by atoms with E-state index < -0.39 is 11.9 Å². The first-order valence-electron chi connectivity index (χ1n) is 6.31. The van der Waals surface area contributed by atoms with Gasteiger partial charge in [0, 0.05) is 0 Å². The van der Waals surface area contributed by atoms with Crippen LogP contribution in [0.1, 0.15) is 11.5 Å². The number of hydrogen-bond donors (Lipinski definition) is 1. The Bertz CT molecular complexity index is 737. The molecule has 0 bridgehead atoms. The molecule has 1 atom stereocenters. The van der Waals surface area contributed by atoms with Crippen molar-refractivity contribution < 1.29 is 9.90 Å². The number of aromatic nitrogens is 3. The predicted molar refractivity (Wildman–Crippen MR) is 74.3 cm³/mol. The second-order valence-corrected chi connectivity index (χ2v) is 4.56. The molecule has 0 saturated carbocycles. The molecule has 5 heteroatoms. The summed E-state index contributed by atoms with van der Waals surface area (Å²) in [5, 5.41) is 17.5. The highest BCUT2D eigenvalue weighted by Gasteiger charge is 2.21. The normalized spacial score (nSPS) is 12.4. The topological polar surface area (TPSA) is 68.0 Å². The lowest BCUT2D eigenvalue weighted by molar-refractivity contribution is -0.139. The molecule has 1 unspecified atom stereocenters. The lowest BCUT2D eigenvalue weighted by Gasteiger charge is -2.12. The Morgan fingerprint density at radius 3 is 2.55 bits per heavy atom. The molecule has 0 radical (unpaired) electrons. The third kappa shape index (κ3) is 2.25. The molecule has 1 N–H and O–H groups in total. The molecule has 1 aromatic heterocycles. The Morgan fingerprint density at radius 2 is 1.80 bits per heavy atom. The summed E-state index contributed by atoms with van der Waals surface area (Å²) in [5.41, 5.74) is 2.37. The standard InChI is InChI=1S/C15H13N3O2/c19-15(20)12(11-6-2-1-3-7-11)10-18-14-9-5-4-8-13(14)16-17-18/h1-9,12H,10H2,(H,19,20). The summed E-state index contributed by atoms with van der Waals surface area (Å²) in [4.78, 5) is 11.5. The van der Waals surface area contributed by atoms with Gasteiger partial charge in [-0.15, -0.1) is 5.10 Å². The second kappa shape index (κ2) is 5.13. The molecule has 2 aromatic carbocycles. The van der Waals surface area contributed by atoms with Gasteiger partial charge < -0.3 is 5.11 Å². The smallest absolute Gasteiger partial charge is 0.312 e. The van der Waals surface area contributed by atoms with E-state index in [1.165, 1.54) is 0 Å². The molecule has 3 aromatic rings. The average molecular weight is 267 g/mol. The Kier molecular flexibility index (Phi) is 3.16. The van der Waals surface area contributed by atoms with E-state index >= 15 is 0 Å². The quantitative estimate of drug-likeness (QED) is 0.787. The highest BCUT2D eigenvalue weighted by molar-refractivity contribution is 5.77. The van der Waals surface area contributed by atoms with Gasteiger partial charge in [0.2, 0.25) is 0 Å². The first-order chi connectivity index (χ1) is 9.75. The number of carboxylic acids is 1. The number of benzene rings is 2. The van der Waals surface area contributed by atoms with Crippen LogP contribution in [0.3, 0.4) is 0 Å². The minimum atomic E-state index is -0.865. The lowest BCUT2D eigenvalue weighted by atomic mass is 9.99. The molecule has 0 saturated heterocycles. The fraction of sp³-hybridized carbons (Fsp3) is 0.133. The van der Waals surface area contributed by atoms with Crippen LogP contribution in [0.5, 0.6) is 0 Å². The van der Waals surface area contributed by atoms with Gasteiger partial charge in [0.15, 0.2) is 0 Å². The molecule has 20 heavy (non-hydrogen) atoms. The summed E-state index contributed by atoms with van der Waals surface area (Å²) in [6.45, 7) is 0.264. The third-order valence-corrected chi connectivity index (χ3v) is 3.28. The van der Waals surface area contributed by atoms with E-state index in [0.29, 0.717) is 0 Å². The molecular weight excluding hydrogens is 254 g/mol. The zero-order valence-corrected chi connectivity index (χ0v) is 10.7. The van der Waals surface area contributed by atoms with Crippen molar-refractivity contribution in [2.45, 2.75) is 12.5 Å². The summed E-state index contributed by atoms with van der Waals surface area (Å²) in [7, 11) is 0. The van der Waals surface area contributed by atoms with E-state index in [-0.39, 0.29) is 6.54 Å². The maximum Gasteiger partial charge on any atom is 0.312 e. The number of nitrogens with zero attached hydrogens (tertiary/aromatic N) is 3. The molecule has 0 spiro atoms. The van der Waals surface area contributed by atoms with E-state index in [0.717, 1.165) is 16.6 Å². The molecule has 100 valence electrons. The van der Waals surface area contributed by atoms with Crippen molar-refractivity contribution in [1.82, 2.24) is 15.0 Å². The minimum absolute atomic E-state index is 0.264. The lowest BCUT2D eigenvalue weighted by Crippen LogP contribution is -2.19. The summed E-state index contributed by atoms with van der Waals surface area (Å²) in [5.74, 6) is -1.50. The van der Waals surface area contributed by atoms with E-state index in [4.69, 9.17) is 0 Å². The van der Waals surface area contributed by atoms with E-state index in [2.05, 4.69) is 10.3 Å². The number of fused-ring (bicyclic) bond motifs is 1. The van der Waals surface area contributed by atoms with Crippen LogP contribution in [0.4, 0.5) is 0 Å². The second-order valence-electron chi connectivity index (χ2n) is 4.56. The van der Waals surface area contributed by atoms with Crippen LogP contribution < -0.4 is 0 Å². The maximum absolute atomic E-state index is 11.5. The van der Waals surface area contributed by atoms with Gasteiger partial charge in [-0.25, -0.2) is 4.68 Å². The Labute approximate surface area is 115 Å². The number of rotatable bonds is 4. The van der Waals surface area contributed by atoms with Crippen LogP contribution in [0, 0.1) is 0 Å². The number of carboxylic acid groups (broad SMARTS) is 1. The maximum atomic E-state index is 11.5. The van der Waals surface area contributed by atoms with Crippen molar-refractivity contribution in [3.8, 4) is 0 Å². The number of hydrogen-bond acceptors (Lipinski definition) is 3. The summed E-state index contributed by atoms with van der Waals surface area (Å²) in [6.07, 6.45) is 0. The van der Waals surface area contributed by atoms with Crippen LogP contribution in [0.2, 0.25) is 0 Å². The zero-order chi connectivity index (χ0) is 13.9. The summed E-state index contributed by atoms with van der Waals surface area (Å²) in [6, 6.07) is 16.7. The largest absolute Gasteiger partial charge is 0.481 e. The van der Waals surface area contributed by atoms with Crippen LogP contribution in [-0.4, -0.2) is 26.1 Å². The van der Waals surface area contributed by atoms with Gasteiger partial charge >= 0.3 is 5.97 Å². The van der Waals surface area contributed by atoms with Gasteiger partial charge in [-0.1, -0.05) is 47.7 Å².